The molecule has 1 unspecified atom stereocenters. The van der Waals surface area contributed by atoms with Crippen molar-refractivity contribution in [3.63, 3.8) is 0 Å². The van der Waals surface area contributed by atoms with E-state index in [0.717, 1.165) is 5.56 Å². The molecule has 5 nitrogen and oxygen atoms in total. The van der Waals surface area contributed by atoms with Crippen LogP contribution in [0.2, 0.25) is 0 Å². The highest BCUT2D eigenvalue weighted by molar-refractivity contribution is 5.93. The highest BCUT2D eigenvalue weighted by Crippen LogP contribution is 2.16. The topological polar surface area (TPSA) is 56.1 Å². The number of amides is 1. The third-order valence-electron chi connectivity index (χ3n) is 2.95. The van der Waals surface area contributed by atoms with Crippen LogP contribution >= 0.6 is 0 Å². The van der Waals surface area contributed by atoms with Gasteiger partial charge in [0.05, 0.1) is 17.9 Å². The van der Waals surface area contributed by atoms with E-state index in [1.807, 2.05) is 37.3 Å². The van der Waals surface area contributed by atoms with Crippen LogP contribution in [0.3, 0.4) is 0 Å². The lowest BCUT2D eigenvalue weighted by Gasteiger charge is -2.17. The van der Waals surface area contributed by atoms with Gasteiger partial charge in [0.15, 0.2) is 0 Å². The molecule has 1 aromatic carbocycles. The average molecular weight is 273 g/mol. The predicted molar refractivity (Wildman–Crippen MR) is 76.4 cm³/mol. The Morgan fingerprint density at radius 1 is 1.40 bits per heavy atom. The van der Waals surface area contributed by atoms with Crippen LogP contribution in [0, 0.1) is 0 Å². The van der Waals surface area contributed by atoms with Crippen molar-refractivity contribution in [2.45, 2.75) is 13.0 Å². The van der Waals surface area contributed by atoms with Gasteiger partial charge in [0.25, 0.3) is 5.91 Å². The van der Waals surface area contributed by atoms with Gasteiger partial charge in [-0.25, -0.2) is 0 Å². The molecule has 106 valence electrons. The molecule has 1 amide bonds. The molecular formula is C15H19N3O2. The molecule has 2 aromatic rings. The van der Waals surface area contributed by atoms with Gasteiger partial charge >= 0.3 is 0 Å². The minimum Gasteiger partial charge on any atom is -0.372 e. The van der Waals surface area contributed by atoms with E-state index in [-0.39, 0.29) is 12.0 Å². The van der Waals surface area contributed by atoms with Gasteiger partial charge in [0.1, 0.15) is 0 Å². The van der Waals surface area contributed by atoms with Gasteiger partial charge in [0.2, 0.25) is 0 Å². The van der Waals surface area contributed by atoms with Crippen molar-refractivity contribution >= 4 is 5.91 Å². The Balaban J connectivity index is 1.97. The Labute approximate surface area is 118 Å². The summed E-state index contributed by atoms with van der Waals surface area (Å²) in [7, 11) is 1.78. The SMILES string of the molecule is CCOC(CNC(=O)c1cnn(C)c1)c1ccccc1. The molecule has 20 heavy (non-hydrogen) atoms. The van der Waals surface area contributed by atoms with Crippen LogP contribution in [0.15, 0.2) is 42.7 Å². The van der Waals surface area contributed by atoms with Gasteiger partial charge in [-0.05, 0) is 12.5 Å². The summed E-state index contributed by atoms with van der Waals surface area (Å²) in [5.74, 6) is -0.140. The van der Waals surface area contributed by atoms with Crippen LogP contribution in [-0.2, 0) is 11.8 Å². The molecule has 0 fully saturated rings. The lowest BCUT2D eigenvalue weighted by molar-refractivity contribution is 0.0586. The van der Waals surface area contributed by atoms with E-state index in [1.165, 1.54) is 0 Å². The number of carbonyl (C=O) groups is 1. The molecule has 1 heterocycles. The summed E-state index contributed by atoms with van der Waals surface area (Å²) in [5, 5.41) is 6.86. The number of ether oxygens (including phenoxy) is 1. The van der Waals surface area contributed by atoms with Crippen LogP contribution in [0.1, 0.15) is 28.9 Å². The Hall–Kier alpha value is -2.14. The molecule has 0 aliphatic carbocycles. The second-order valence-electron chi connectivity index (χ2n) is 4.47. The minimum absolute atomic E-state index is 0.137. The van der Waals surface area contributed by atoms with E-state index in [1.54, 1.807) is 24.1 Å². The summed E-state index contributed by atoms with van der Waals surface area (Å²) in [6.07, 6.45) is 3.10. The summed E-state index contributed by atoms with van der Waals surface area (Å²) in [4.78, 5) is 12.0. The van der Waals surface area contributed by atoms with Crippen molar-refractivity contribution < 1.29 is 9.53 Å². The fraction of sp³-hybridized carbons (Fsp3) is 0.333. The van der Waals surface area contributed by atoms with E-state index in [0.29, 0.717) is 18.7 Å². The summed E-state index contributed by atoms with van der Waals surface area (Å²) >= 11 is 0. The van der Waals surface area contributed by atoms with E-state index in [2.05, 4.69) is 10.4 Å². The maximum Gasteiger partial charge on any atom is 0.254 e. The number of aryl methyl sites for hydroxylation is 1. The number of carbonyl (C=O) groups excluding carboxylic acids is 1. The van der Waals surface area contributed by atoms with E-state index in [9.17, 15) is 4.79 Å². The highest BCUT2D eigenvalue weighted by Gasteiger charge is 2.14. The molecule has 1 N–H and O–H groups in total. The number of aromatic nitrogens is 2. The Morgan fingerprint density at radius 2 is 2.15 bits per heavy atom. The molecule has 1 atom stereocenters. The molecule has 0 saturated heterocycles. The molecule has 0 spiro atoms. The lowest BCUT2D eigenvalue weighted by Crippen LogP contribution is -2.29. The van der Waals surface area contributed by atoms with E-state index >= 15 is 0 Å². The summed E-state index contributed by atoms with van der Waals surface area (Å²) in [6, 6.07) is 9.88. The molecule has 0 aliphatic rings. The van der Waals surface area contributed by atoms with E-state index in [4.69, 9.17) is 4.74 Å². The highest BCUT2D eigenvalue weighted by atomic mass is 16.5. The number of hydrogen-bond acceptors (Lipinski definition) is 3. The first-order valence-electron chi connectivity index (χ1n) is 6.64. The second kappa shape index (κ2) is 6.86. The first kappa shape index (κ1) is 14.3. The third kappa shape index (κ3) is 3.68. The van der Waals surface area contributed by atoms with Crippen LogP contribution in [0.25, 0.3) is 0 Å². The molecule has 0 saturated carbocycles. The Bertz CT molecular complexity index is 551. The van der Waals surface area contributed by atoms with Gasteiger partial charge in [-0.3, -0.25) is 9.48 Å². The minimum atomic E-state index is -0.140. The molecule has 0 aliphatic heterocycles. The standard InChI is InChI=1S/C15H19N3O2/c1-3-20-14(12-7-5-4-6-8-12)10-16-15(19)13-9-17-18(2)11-13/h4-9,11,14H,3,10H2,1-2H3,(H,16,19). The number of rotatable bonds is 6. The molecular weight excluding hydrogens is 254 g/mol. The largest absolute Gasteiger partial charge is 0.372 e. The number of hydrogen-bond donors (Lipinski definition) is 1. The molecule has 5 heteroatoms. The van der Waals surface area contributed by atoms with Gasteiger partial charge in [-0.15, -0.1) is 0 Å². The van der Waals surface area contributed by atoms with Crippen molar-refractivity contribution in [3.05, 3.63) is 53.9 Å². The quantitative estimate of drug-likeness (QED) is 0.875. The Kier molecular flexibility index (Phi) is 4.90. The normalized spacial score (nSPS) is 12.1. The number of benzene rings is 1. The zero-order valence-corrected chi connectivity index (χ0v) is 11.7. The first-order valence-corrected chi connectivity index (χ1v) is 6.64. The van der Waals surface area contributed by atoms with E-state index < -0.39 is 0 Å². The molecule has 1 aromatic heterocycles. The van der Waals surface area contributed by atoms with Crippen molar-refractivity contribution in [1.82, 2.24) is 15.1 Å². The van der Waals surface area contributed by atoms with Crippen LogP contribution in [0.5, 0.6) is 0 Å². The van der Waals surface area contributed by atoms with Gasteiger partial charge in [-0.2, -0.15) is 5.10 Å². The smallest absolute Gasteiger partial charge is 0.254 e. The average Bonchev–Trinajstić information content (AvgIpc) is 2.91. The fourth-order valence-electron chi connectivity index (χ4n) is 1.97. The summed E-state index contributed by atoms with van der Waals surface area (Å²) < 4.78 is 7.29. The van der Waals surface area contributed by atoms with Crippen molar-refractivity contribution in [2.24, 2.45) is 7.05 Å². The zero-order valence-electron chi connectivity index (χ0n) is 11.7. The monoisotopic (exact) mass is 273 g/mol. The summed E-state index contributed by atoms with van der Waals surface area (Å²) in [5.41, 5.74) is 1.61. The number of nitrogens with one attached hydrogen (secondary N) is 1. The maximum atomic E-state index is 12.0. The lowest BCUT2D eigenvalue weighted by atomic mass is 10.1. The van der Waals surface area contributed by atoms with Crippen LogP contribution < -0.4 is 5.32 Å². The van der Waals surface area contributed by atoms with Crippen molar-refractivity contribution in [1.29, 1.82) is 0 Å². The first-order chi connectivity index (χ1) is 9.70. The van der Waals surface area contributed by atoms with Crippen LogP contribution in [-0.4, -0.2) is 28.8 Å². The molecule has 0 bridgehead atoms. The molecule has 0 radical (unpaired) electrons. The maximum absolute atomic E-state index is 12.0. The fourth-order valence-corrected chi connectivity index (χ4v) is 1.97. The Morgan fingerprint density at radius 3 is 2.75 bits per heavy atom. The van der Waals surface area contributed by atoms with Gasteiger partial charge < -0.3 is 10.1 Å². The third-order valence-corrected chi connectivity index (χ3v) is 2.95. The summed E-state index contributed by atoms with van der Waals surface area (Å²) in [6.45, 7) is 2.98. The van der Waals surface area contributed by atoms with Gasteiger partial charge in [-0.1, -0.05) is 30.3 Å². The van der Waals surface area contributed by atoms with Crippen molar-refractivity contribution in [2.75, 3.05) is 13.2 Å². The predicted octanol–water partition coefficient (Wildman–Crippen LogP) is 1.93. The number of nitrogens with zero attached hydrogens (tertiary/aromatic N) is 2. The molecule has 2 rings (SSSR count). The van der Waals surface area contributed by atoms with Gasteiger partial charge in [0, 0.05) is 26.4 Å². The van der Waals surface area contributed by atoms with Crippen molar-refractivity contribution in [3.8, 4) is 0 Å². The second-order valence-corrected chi connectivity index (χ2v) is 4.47. The van der Waals surface area contributed by atoms with Crippen LogP contribution in [0.4, 0.5) is 0 Å². The zero-order chi connectivity index (χ0) is 14.4.